The molecule has 140 valence electrons. The van der Waals surface area contributed by atoms with Crippen LogP contribution >= 0.6 is 0 Å². The van der Waals surface area contributed by atoms with Crippen LogP contribution in [0.2, 0.25) is 0 Å². The quantitative estimate of drug-likeness (QED) is 0.713. The maximum atomic E-state index is 13.0. The van der Waals surface area contributed by atoms with E-state index in [1.807, 2.05) is 0 Å². The molecule has 1 N–H and O–H groups in total. The number of hydrogen-bond donors (Lipinski definition) is 1. The lowest BCUT2D eigenvalue weighted by Crippen LogP contribution is -2.16. The maximum Gasteiger partial charge on any atom is 0.262 e. The Morgan fingerprint density at radius 3 is 2.81 bits per heavy atom. The third kappa shape index (κ3) is 3.89. The van der Waals surface area contributed by atoms with Gasteiger partial charge >= 0.3 is 0 Å². The van der Waals surface area contributed by atoms with E-state index in [2.05, 4.69) is 25.5 Å². The first-order chi connectivity index (χ1) is 13.0. The van der Waals surface area contributed by atoms with E-state index in [1.165, 1.54) is 31.1 Å². The number of aromatic nitrogens is 5. The summed E-state index contributed by atoms with van der Waals surface area (Å²) in [6, 6.07) is 6.85. The van der Waals surface area contributed by atoms with Crippen LogP contribution in [-0.2, 0) is 0 Å². The Morgan fingerprint density at radius 1 is 1.26 bits per heavy atom. The number of pyridine rings is 2. The highest BCUT2D eigenvalue weighted by Gasteiger charge is 2.22. The molecule has 10 heteroatoms. The first-order valence-corrected chi connectivity index (χ1v) is 7.96. The average molecular weight is 374 g/mol. The fourth-order valence-electron chi connectivity index (χ4n) is 2.38. The van der Waals surface area contributed by atoms with Crippen LogP contribution in [0.15, 0.2) is 42.9 Å². The molecule has 0 aliphatic carbocycles. The number of alkyl halides is 2. The van der Waals surface area contributed by atoms with Crippen molar-refractivity contribution >= 4 is 11.7 Å². The van der Waals surface area contributed by atoms with Crippen molar-refractivity contribution in [2.45, 2.75) is 19.4 Å². The number of carbonyl (C=O) groups excluding carboxylic acids is 1. The molecule has 0 aliphatic heterocycles. The van der Waals surface area contributed by atoms with Crippen LogP contribution in [0, 0.1) is 0 Å². The number of amides is 1. The van der Waals surface area contributed by atoms with Crippen molar-refractivity contribution in [3.63, 3.8) is 0 Å². The average Bonchev–Trinajstić information content (AvgIpc) is 3.17. The number of nitrogens with zero attached hydrogens (tertiary/aromatic N) is 5. The molecule has 0 radical (unpaired) electrons. The van der Waals surface area contributed by atoms with E-state index < -0.39 is 18.4 Å². The molecule has 0 fully saturated rings. The monoisotopic (exact) mass is 374 g/mol. The molecule has 1 atom stereocenters. The maximum absolute atomic E-state index is 13.0. The molecule has 1 amide bonds. The number of halogens is 2. The molecule has 3 rings (SSSR count). The Balaban J connectivity index is 1.87. The summed E-state index contributed by atoms with van der Waals surface area (Å²) >= 11 is 0. The minimum Gasteiger partial charge on any atom is -0.480 e. The molecule has 27 heavy (non-hydrogen) atoms. The predicted octanol–water partition coefficient (Wildman–Crippen LogP) is 2.82. The predicted molar refractivity (Wildman–Crippen MR) is 92.7 cm³/mol. The van der Waals surface area contributed by atoms with Gasteiger partial charge in [-0.05, 0) is 31.2 Å². The third-order valence-electron chi connectivity index (χ3n) is 3.81. The van der Waals surface area contributed by atoms with Crippen molar-refractivity contribution in [2.75, 3.05) is 12.4 Å². The number of nitrogens with one attached hydrogen (secondary N) is 1. The molecule has 0 spiro atoms. The summed E-state index contributed by atoms with van der Waals surface area (Å²) in [7, 11) is 1.41. The Hall–Kier alpha value is -3.43. The molecule has 3 aromatic heterocycles. The van der Waals surface area contributed by atoms with Gasteiger partial charge in [0.2, 0.25) is 5.88 Å². The normalized spacial score (nSPS) is 12.0. The minimum atomic E-state index is -2.58. The Labute approximate surface area is 153 Å². The molecule has 1 unspecified atom stereocenters. The molecule has 0 aliphatic rings. The highest BCUT2D eigenvalue weighted by molar-refractivity contribution is 6.05. The van der Waals surface area contributed by atoms with Gasteiger partial charge in [-0.1, -0.05) is 6.07 Å². The van der Waals surface area contributed by atoms with Gasteiger partial charge in [0, 0.05) is 6.20 Å². The van der Waals surface area contributed by atoms with Crippen molar-refractivity contribution in [1.82, 2.24) is 24.7 Å². The summed E-state index contributed by atoms with van der Waals surface area (Å²) in [5.74, 6) is 0.115. The Morgan fingerprint density at radius 2 is 2.07 bits per heavy atom. The van der Waals surface area contributed by atoms with Gasteiger partial charge in [-0.15, -0.1) is 10.2 Å². The van der Waals surface area contributed by atoms with Gasteiger partial charge in [-0.25, -0.2) is 18.7 Å². The van der Waals surface area contributed by atoms with Crippen LogP contribution < -0.4 is 10.1 Å². The smallest absolute Gasteiger partial charge is 0.262 e. The highest BCUT2D eigenvalue weighted by Crippen LogP contribution is 2.24. The number of anilines is 1. The third-order valence-corrected chi connectivity index (χ3v) is 3.81. The van der Waals surface area contributed by atoms with Crippen molar-refractivity contribution in [2.24, 2.45) is 0 Å². The van der Waals surface area contributed by atoms with Crippen molar-refractivity contribution in [3.8, 4) is 17.4 Å². The number of ether oxygens (including phenoxy) is 1. The fourth-order valence-corrected chi connectivity index (χ4v) is 2.38. The lowest BCUT2D eigenvalue weighted by molar-refractivity contribution is 0.0919. The van der Waals surface area contributed by atoms with E-state index in [-0.39, 0.29) is 23.1 Å². The van der Waals surface area contributed by atoms with Gasteiger partial charge in [0.1, 0.15) is 23.4 Å². The van der Waals surface area contributed by atoms with Crippen molar-refractivity contribution < 1.29 is 18.3 Å². The van der Waals surface area contributed by atoms with Gasteiger partial charge in [0.05, 0.1) is 13.2 Å². The van der Waals surface area contributed by atoms with Gasteiger partial charge in [0.15, 0.2) is 5.82 Å². The molecule has 3 aromatic rings. The van der Waals surface area contributed by atoms with Crippen LogP contribution in [0.4, 0.5) is 14.6 Å². The summed E-state index contributed by atoms with van der Waals surface area (Å²) in [5, 5.41) is 10.2. The SMILES string of the molecule is COc1ncccc1C(=O)Nc1cccc(-c2nncn2C(C)C(F)F)n1. The second-order valence-electron chi connectivity index (χ2n) is 5.56. The number of carbonyl (C=O) groups is 1. The summed E-state index contributed by atoms with van der Waals surface area (Å²) in [6.07, 6.45) is 0.145. The van der Waals surface area contributed by atoms with E-state index in [9.17, 15) is 13.6 Å². The van der Waals surface area contributed by atoms with E-state index in [1.54, 1.807) is 30.3 Å². The zero-order valence-corrected chi connectivity index (χ0v) is 14.5. The molecule has 0 aromatic carbocycles. The number of methoxy groups -OCH3 is 1. The lowest BCUT2D eigenvalue weighted by atomic mass is 10.2. The second kappa shape index (κ2) is 7.85. The van der Waals surface area contributed by atoms with E-state index in [0.29, 0.717) is 5.69 Å². The summed E-state index contributed by atoms with van der Waals surface area (Å²) in [6.45, 7) is 1.36. The second-order valence-corrected chi connectivity index (χ2v) is 5.56. The summed E-state index contributed by atoms with van der Waals surface area (Å²) < 4.78 is 32.4. The molecule has 3 heterocycles. The van der Waals surface area contributed by atoms with E-state index in [0.717, 1.165) is 0 Å². The standard InChI is InChI=1S/C17H16F2N6O2/c1-10(14(18)19)25-9-21-24-15(25)12-6-3-7-13(22-12)23-16(26)11-5-4-8-20-17(11)27-2/h3-10,14H,1-2H3,(H,22,23,26). The summed E-state index contributed by atoms with van der Waals surface area (Å²) in [4.78, 5) is 20.7. The van der Waals surface area contributed by atoms with E-state index in [4.69, 9.17) is 4.74 Å². The van der Waals surface area contributed by atoms with Crippen LogP contribution in [-0.4, -0.2) is 44.2 Å². The Bertz CT molecular complexity index is 946. The topological polar surface area (TPSA) is 94.8 Å². The first kappa shape index (κ1) is 18.4. The largest absolute Gasteiger partial charge is 0.480 e. The molecule has 0 bridgehead atoms. The van der Waals surface area contributed by atoms with Crippen LogP contribution in [0.25, 0.3) is 11.5 Å². The Kier molecular flexibility index (Phi) is 5.34. The zero-order valence-electron chi connectivity index (χ0n) is 14.5. The minimum absolute atomic E-state index is 0.177. The fraction of sp³-hybridized carbons (Fsp3) is 0.235. The highest BCUT2D eigenvalue weighted by atomic mass is 19.3. The van der Waals surface area contributed by atoms with Gasteiger partial charge < -0.3 is 14.6 Å². The van der Waals surface area contributed by atoms with E-state index >= 15 is 0 Å². The zero-order chi connectivity index (χ0) is 19.4. The summed E-state index contributed by atoms with van der Waals surface area (Å²) in [5.41, 5.74) is 0.539. The van der Waals surface area contributed by atoms with Crippen LogP contribution in [0.1, 0.15) is 23.3 Å². The number of hydrogen-bond acceptors (Lipinski definition) is 6. The molecule has 0 saturated carbocycles. The molecular weight excluding hydrogens is 358 g/mol. The molecule has 0 saturated heterocycles. The molecule has 8 nitrogen and oxygen atoms in total. The van der Waals surface area contributed by atoms with Gasteiger partial charge in [0.25, 0.3) is 12.3 Å². The molecular formula is C17H16F2N6O2. The van der Waals surface area contributed by atoms with Gasteiger partial charge in [-0.3, -0.25) is 4.79 Å². The van der Waals surface area contributed by atoms with Crippen molar-refractivity contribution in [1.29, 1.82) is 0 Å². The van der Waals surface area contributed by atoms with Gasteiger partial charge in [-0.2, -0.15) is 0 Å². The van der Waals surface area contributed by atoms with Crippen LogP contribution in [0.3, 0.4) is 0 Å². The lowest BCUT2D eigenvalue weighted by Gasteiger charge is -2.14. The van der Waals surface area contributed by atoms with Crippen molar-refractivity contribution in [3.05, 3.63) is 48.4 Å². The first-order valence-electron chi connectivity index (χ1n) is 7.96. The van der Waals surface area contributed by atoms with Crippen LogP contribution in [0.5, 0.6) is 5.88 Å². The number of rotatable bonds is 6.